The van der Waals surface area contributed by atoms with Crippen LogP contribution in [-0.2, 0) is 4.79 Å². The Morgan fingerprint density at radius 3 is 2.77 bits per heavy atom. The number of rotatable bonds is 5. The normalized spacial score (nSPS) is 15.8. The molecule has 1 atom stereocenters. The molecule has 1 fully saturated rings. The van der Waals surface area contributed by atoms with Crippen molar-refractivity contribution in [3.05, 3.63) is 66.9 Å². The molecule has 0 radical (unpaired) electrons. The maximum Gasteiger partial charge on any atom is 0.241 e. The number of nitrogens with zero attached hydrogens (tertiary/aromatic N) is 1. The van der Waals surface area contributed by atoms with Crippen LogP contribution in [0.5, 0.6) is 5.75 Å². The molecule has 1 aliphatic heterocycles. The van der Waals surface area contributed by atoms with Gasteiger partial charge in [-0.2, -0.15) is 0 Å². The number of carbonyl (C=O) groups excluding carboxylic acids is 1. The van der Waals surface area contributed by atoms with E-state index in [0.29, 0.717) is 17.2 Å². The third-order valence-corrected chi connectivity index (χ3v) is 5.62. The van der Waals surface area contributed by atoms with Crippen molar-refractivity contribution in [2.75, 3.05) is 19.0 Å². The Bertz CT molecular complexity index is 1230. The molecule has 3 heterocycles. The lowest BCUT2D eigenvalue weighted by atomic mass is 10.1. The second kappa shape index (κ2) is 8.24. The van der Waals surface area contributed by atoms with Crippen LogP contribution in [0.1, 0.15) is 12.8 Å². The number of furan rings is 1. The smallest absolute Gasteiger partial charge is 0.241 e. The molecular weight excluding hydrogens is 390 g/mol. The van der Waals surface area contributed by atoms with Crippen LogP contribution in [0.3, 0.4) is 0 Å². The van der Waals surface area contributed by atoms with E-state index < -0.39 is 0 Å². The van der Waals surface area contributed by atoms with E-state index in [9.17, 15) is 4.79 Å². The third-order valence-electron chi connectivity index (χ3n) is 5.62. The highest BCUT2D eigenvalue weighted by Crippen LogP contribution is 2.36. The van der Waals surface area contributed by atoms with Crippen LogP contribution in [0.15, 0.2) is 71.3 Å². The van der Waals surface area contributed by atoms with E-state index >= 15 is 0 Å². The lowest BCUT2D eigenvalue weighted by molar-refractivity contribution is -0.117. The number of aromatic nitrogens is 1. The number of ether oxygens (including phenoxy) is 1. The molecular formula is C25H23N3O3. The molecule has 0 spiro atoms. The van der Waals surface area contributed by atoms with E-state index in [-0.39, 0.29) is 11.9 Å². The van der Waals surface area contributed by atoms with Crippen LogP contribution in [0.4, 0.5) is 5.69 Å². The Morgan fingerprint density at radius 2 is 2.00 bits per heavy atom. The number of benzene rings is 2. The summed E-state index contributed by atoms with van der Waals surface area (Å²) >= 11 is 0. The molecule has 5 rings (SSSR count). The van der Waals surface area contributed by atoms with Gasteiger partial charge in [-0.1, -0.05) is 30.3 Å². The Hall–Kier alpha value is -3.64. The van der Waals surface area contributed by atoms with Gasteiger partial charge in [0, 0.05) is 23.4 Å². The number of hydrogen-bond acceptors (Lipinski definition) is 5. The first kappa shape index (κ1) is 19.3. The van der Waals surface area contributed by atoms with Crippen LogP contribution in [0.25, 0.3) is 33.6 Å². The lowest BCUT2D eigenvalue weighted by Gasteiger charge is -2.14. The zero-order valence-corrected chi connectivity index (χ0v) is 17.2. The highest BCUT2D eigenvalue weighted by molar-refractivity contribution is 5.97. The maximum atomic E-state index is 12.6. The average Bonchev–Trinajstić information content (AvgIpc) is 3.49. The Labute approximate surface area is 180 Å². The molecule has 0 saturated carbocycles. The van der Waals surface area contributed by atoms with E-state index in [1.165, 1.54) is 0 Å². The van der Waals surface area contributed by atoms with Gasteiger partial charge in [0.2, 0.25) is 5.91 Å². The fourth-order valence-corrected chi connectivity index (χ4v) is 4.01. The molecule has 1 aliphatic rings. The molecule has 2 N–H and O–H groups in total. The second-order valence-corrected chi connectivity index (χ2v) is 7.60. The van der Waals surface area contributed by atoms with Crippen molar-refractivity contribution in [2.24, 2.45) is 0 Å². The van der Waals surface area contributed by atoms with Crippen molar-refractivity contribution in [1.82, 2.24) is 10.3 Å². The molecule has 1 saturated heterocycles. The van der Waals surface area contributed by atoms with Gasteiger partial charge in [-0.3, -0.25) is 9.78 Å². The van der Waals surface area contributed by atoms with Crippen molar-refractivity contribution >= 4 is 22.7 Å². The Balaban J connectivity index is 1.52. The molecule has 2 aromatic heterocycles. The molecule has 0 aliphatic carbocycles. The first-order valence-corrected chi connectivity index (χ1v) is 10.4. The standard InChI is InChI=1S/C25H23N3O3/c1-30-22-10-9-17(14-20(22)28-25(29)19-8-5-12-26-19)23-15-21-24(31-23)18(11-13-27-21)16-6-3-2-4-7-16/h2-4,6-7,9-11,13-15,19,26H,5,8,12H2,1H3,(H,28,29). The fourth-order valence-electron chi connectivity index (χ4n) is 4.01. The van der Waals surface area contributed by atoms with Crippen molar-refractivity contribution in [3.63, 3.8) is 0 Å². The minimum absolute atomic E-state index is 0.0504. The van der Waals surface area contributed by atoms with Crippen LogP contribution in [-0.4, -0.2) is 30.6 Å². The average molecular weight is 413 g/mol. The lowest BCUT2D eigenvalue weighted by Crippen LogP contribution is -2.35. The van der Waals surface area contributed by atoms with E-state index in [4.69, 9.17) is 9.15 Å². The zero-order chi connectivity index (χ0) is 21.2. The summed E-state index contributed by atoms with van der Waals surface area (Å²) in [6.07, 6.45) is 3.63. The van der Waals surface area contributed by atoms with Crippen molar-refractivity contribution < 1.29 is 13.9 Å². The van der Waals surface area contributed by atoms with Gasteiger partial charge in [0.15, 0.2) is 5.58 Å². The Kier molecular flexibility index (Phi) is 5.14. The molecule has 0 bridgehead atoms. The summed E-state index contributed by atoms with van der Waals surface area (Å²) in [4.78, 5) is 17.1. The molecule has 1 amide bonds. The van der Waals surface area contributed by atoms with Gasteiger partial charge in [-0.25, -0.2) is 0 Å². The number of carbonyl (C=O) groups is 1. The predicted octanol–water partition coefficient (Wildman–Crippen LogP) is 4.86. The van der Waals surface area contributed by atoms with Crippen LogP contribution < -0.4 is 15.4 Å². The molecule has 6 heteroatoms. The summed E-state index contributed by atoms with van der Waals surface area (Å²) in [5.74, 6) is 1.24. The first-order chi connectivity index (χ1) is 15.2. The topological polar surface area (TPSA) is 76.4 Å². The number of pyridine rings is 1. The van der Waals surface area contributed by atoms with Crippen LogP contribution in [0, 0.1) is 0 Å². The molecule has 6 nitrogen and oxygen atoms in total. The van der Waals surface area contributed by atoms with Gasteiger partial charge < -0.3 is 19.8 Å². The number of fused-ring (bicyclic) bond motifs is 1. The van der Waals surface area contributed by atoms with Gasteiger partial charge in [0.05, 0.1) is 18.8 Å². The second-order valence-electron chi connectivity index (χ2n) is 7.60. The molecule has 156 valence electrons. The largest absolute Gasteiger partial charge is 0.495 e. The van der Waals surface area contributed by atoms with E-state index in [2.05, 4.69) is 27.8 Å². The Morgan fingerprint density at radius 1 is 1.13 bits per heavy atom. The van der Waals surface area contributed by atoms with Crippen LogP contribution in [0.2, 0.25) is 0 Å². The summed E-state index contributed by atoms with van der Waals surface area (Å²) in [6, 6.07) is 19.4. The first-order valence-electron chi connectivity index (χ1n) is 10.4. The summed E-state index contributed by atoms with van der Waals surface area (Å²) in [5.41, 5.74) is 5.05. The van der Waals surface area contributed by atoms with E-state index in [1.807, 2.05) is 48.5 Å². The summed E-state index contributed by atoms with van der Waals surface area (Å²) < 4.78 is 11.7. The van der Waals surface area contributed by atoms with Crippen LogP contribution >= 0.6 is 0 Å². The SMILES string of the molecule is COc1ccc(-c2cc3nccc(-c4ccccc4)c3o2)cc1NC(=O)C1CCCN1. The third kappa shape index (κ3) is 3.78. The van der Waals surface area contributed by atoms with Crippen molar-refractivity contribution in [2.45, 2.75) is 18.9 Å². The fraction of sp³-hybridized carbons (Fsp3) is 0.200. The monoisotopic (exact) mass is 413 g/mol. The zero-order valence-electron chi connectivity index (χ0n) is 17.2. The number of anilines is 1. The molecule has 31 heavy (non-hydrogen) atoms. The highest BCUT2D eigenvalue weighted by atomic mass is 16.5. The van der Waals surface area contributed by atoms with Crippen molar-refractivity contribution in [1.29, 1.82) is 0 Å². The van der Waals surface area contributed by atoms with Gasteiger partial charge >= 0.3 is 0 Å². The summed E-state index contributed by atoms with van der Waals surface area (Å²) in [6.45, 7) is 0.866. The van der Waals surface area contributed by atoms with Gasteiger partial charge in [-0.05, 0) is 49.2 Å². The van der Waals surface area contributed by atoms with Crippen molar-refractivity contribution in [3.8, 4) is 28.2 Å². The number of methoxy groups -OCH3 is 1. The number of hydrogen-bond donors (Lipinski definition) is 2. The van der Waals surface area contributed by atoms with Gasteiger partial charge in [0.1, 0.15) is 17.0 Å². The molecule has 4 aromatic rings. The quantitative estimate of drug-likeness (QED) is 0.489. The van der Waals surface area contributed by atoms with E-state index in [0.717, 1.165) is 47.2 Å². The predicted molar refractivity (Wildman–Crippen MR) is 121 cm³/mol. The molecule has 2 aromatic carbocycles. The minimum atomic E-state index is -0.169. The highest BCUT2D eigenvalue weighted by Gasteiger charge is 2.23. The van der Waals surface area contributed by atoms with E-state index in [1.54, 1.807) is 13.3 Å². The number of amides is 1. The number of nitrogens with one attached hydrogen (secondary N) is 2. The maximum absolute atomic E-state index is 12.6. The van der Waals surface area contributed by atoms with Gasteiger partial charge in [0.25, 0.3) is 0 Å². The van der Waals surface area contributed by atoms with Gasteiger partial charge in [-0.15, -0.1) is 0 Å². The summed E-state index contributed by atoms with van der Waals surface area (Å²) in [5, 5.41) is 6.22. The molecule has 1 unspecified atom stereocenters. The summed E-state index contributed by atoms with van der Waals surface area (Å²) in [7, 11) is 1.59. The minimum Gasteiger partial charge on any atom is -0.495 e.